The Hall–Kier alpha value is -1.55. The fourth-order valence-electron chi connectivity index (χ4n) is 3.24. The summed E-state index contributed by atoms with van der Waals surface area (Å²) in [5, 5.41) is 0. The largest absolute Gasteiger partial charge is 0.370 e. The average molecular weight is 273 g/mol. The van der Waals surface area contributed by atoms with Crippen LogP contribution in [0.1, 0.15) is 32.1 Å². The van der Waals surface area contributed by atoms with Crippen molar-refractivity contribution in [2.24, 2.45) is 5.73 Å². The number of rotatable bonds is 2. The number of carbonyl (C=O) groups excluding carboxylic acids is 1. The molecule has 0 aliphatic carbocycles. The van der Waals surface area contributed by atoms with Crippen LogP contribution < -0.4 is 15.5 Å². The Kier molecular flexibility index (Phi) is 3.92. The highest BCUT2D eigenvalue weighted by molar-refractivity contribution is 5.99. The monoisotopic (exact) mass is 273 g/mol. The summed E-state index contributed by atoms with van der Waals surface area (Å²) in [6.07, 6.45) is 5.57. The SMILES string of the molecule is NC1CC(=O)N(c2ccccc2N2CCCCCC2)C1. The molecule has 0 radical (unpaired) electrons. The van der Waals surface area contributed by atoms with Gasteiger partial charge in [-0.1, -0.05) is 25.0 Å². The molecule has 0 aromatic heterocycles. The Morgan fingerprint density at radius 1 is 1.00 bits per heavy atom. The van der Waals surface area contributed by atoms with E-state index >= 15 is 0 Å². The smallest absolute Gasteiger partial charge is 0.228 e. The maximum absolute atomic E-state index is 12.1. The fourth-order valence-corrected chi connectivity index (χ4v) is 3.24. The van der Waals surface area contributed by atoms with Crippen molar-refractivity contribution in [1.82, 2.24) is 0 Å². The molecule has 2 fully saturated rings. The van der Waals surface area contributed by atoms with Gasteiger partial charge in [0, 0.05) is 32.1 Å². The zero-order valence-electron chi connectivity index (χ0n) is 11.9. The van der Waals surface area contributed by atoms with Crippen molar-refractivity contribution in [2.75, 3.05) is 29.4 Å². The molecule has 1 atom stereocenters. The van der Waals surface area contributed by atoms with Crippen LogP contribution in [0, 0.1) is 0 Å². The minimum atomic E-state index is -0.0281. The van der Waals surface area contributed by atoms with Crippen molar-refractivity contribution in [3.05, 3.63) is 24.3 Å². The molecule has 3 rings (SSSR count). The molecule has 1 aromatic rings. The highest BCUT2D eigenvalue weighted by Gasteiger charge is 2.30. The van der Waals surface area contributed by atoms with Gasteiger partial charge in [0.05, 0.1) is 11.4 Å². The van der Waals surface area contributed by atoms with Crippen molar-refractivity contribution in [2.45, 2.75) is 38.1 Å². The van der Waals surface area contributed by atoms with E-state index in [4.69, 9.17) is 5.73 Å². The second kappa shape index (κ2) is 5.83. The van der Waals surface area contributed by atoms with Gasteiger partial charge in [-0.05, 0) is 25.0 Å². The average Bonchev–Trinajstić information content (AvgIpc) is 2.68. The molecule has 4 nitrogen and oxygen atoms in total. The highest BCUT2D eigenvalue weighted by Crippen LogP contribution is 2.33. The minimum absolute atomic E-state index is 0.0281. The standard InChI is InChI=1S/C16H23N3O/c17-13-11-16(20)19(12-13)15-8-4-3-7-14(15)18-9-5-1-2-6-10-18/h3-4,7-8,13H,1-2,5-6,9-12,17H2. The van der Waals surface area contributed by atoms with E-state index in [1.165, 1.54) is 31.4 Å². The third kappa shape index (κ3) is 2.66. The van der Waals surface area contributed by atoms with E-state index in [0.29, 0.717) is 13.0 Å². The topological polar surface area (TPSA) is 49.6 Å². The summed E-state index contributed by atoms with van der Waals surface area (Å²) in [4.78, 5) is 16.4. The lowest BCUT2D eigenvalue weighted by Gasteiger charge is -2.28. The molecule has 1 aromatic carbocycles. The van der Waals surface area contributed by atoms with Crippen molar-refractivity contribution >= 4 is 17.3 Å². The Bertz CT molecular complexity index is 480. The summed E-state index contributed by atoms with van der Waals surface area (Å²) in [7, 11) is 0. The van der Waals surface area contributed by atoms with Gasteiger partial charge in [-0.25, -0.2) is 0 Å². The molecule has 2 heterocycles. The van der Waals surface area contributed by atoms with Gasteiger partial charge in [0.25, 0.3) is 0 Å². The lowest BCUT2D eigenvalue weighted by atomic mass is 10.2. The number of anilines is 2. The normalized spacial score (nSPS) is 24.1. The van der Waals surface area contributed by atoms with Crippen LogP contribution in [0.15, 0.2) is 24.3 Å². The fraction of sp³-hybridized carbons (Fsp3) is 0.562. The Labute approximate surface area is 120 Å². The number of hydrogen-bond donors (Lipinski definition) is 1. The van der Waals surface area contributed by atoms with Crippen molar-refractivity contribution in [1.29, 1.82) is 0 Å². The zero-order valence-corrected chi connectivity index (χ0v) is 11.9. The summed E-state index contributed by atoms with van der Waals surface area (Å²) in [6, 6.07) is 8.23. The quantitative estimate of drug-likeness (QED) is 0.898. The van der Waals surface area contributed by atoms with Gasteiger partial charge in [-0.15, -0.1) is 0 Å². The van der Waals surface area contributed by atoms with Crippen LogP contribution in [0.4, 0.5) is 11.4 Å². The summed E-state index contributed by atoms with van der Waals surface area (Å²) < 4.78 is 0. The summed E-state index contributed by atoms with van der Waals surface area (Å²) in [6.45, 7) is 2.82. The first kappa shape index (κ1) is 13.4. The van der Waals surface area contributed by atoms with Crippen LogP contribution in [0.5, 0.6) is 0 Å². The first-order chi connectivity index (χ1) is 9.75. The molecule has 0 saturated carbocycles. The minimum Gasteiger partial charge on any atom is -0.370 e. The van der Waals surface area contributed by atoms with E-state index in [1.54, 1.807) is 0 Å². The zero-order chi connectivity index (χ0) is 13.9. The van der Waals surface area contributed by atoms with Gasteiger partial charge in [0.15, 0.2) is 0 Å². The van der Waals surface area contributed by atoms with Gasteiger partial charge >= 0.3 is 0 Å². The molecule has 20 heavy (non-hydrogen) atoms. The van der Waals surface area contributed by atoms with E-state index in [2.05, 4.69) is 23.1 Å². The number of para-hydroxylation sites is 2. The first-order valence-corrected chi connectivity index (χ1v) is 7.65. The summed E-state index contributed by atoms with van der Waals surface area (Å²) >= 11 is 0. The van der Waals surface area contributed by atoms with Crippen LogP contribution in [0.25, 0.3) is 0 Å². The molecule has 108 valence electrons. The van der Waals surface area contributed by atoms with Gasteiger partial charge in [-0.3, -0.25) is 4.79 Å². The van der Waals surface area contributed by atoms with Crippen LogP contribution in [0.3, 0.4) is 0 Å². The van der Waals surface area contributed by atoms with E-state index < -0.39 is 0 Å². The lowest BCUT2D eigenvalue weighted by Crippen LogP contribution is -2.31. The number of carbonyl (C=O) groups is 1. The van der Waals surface area contributed by atoms with E-state index in [1.807, 2.05) is 11.0 Å². The maximum Gasteiger partial charge on any atom is 0.228 e. The number of amides is 1. The Morgan fingerprint density at radius 2 is 1.65 bits per heavy atom. The summed E-state index contributed by atoms with van der Waals surface area (Å²) in [5.74, 6) is 0.153. The predicted molar refractivity (Wildman–Crippen MR) is 82.1 cm³/mol. The van der Waals surface area contributed by atoms with Crippen molar-refractivity contribution in [3.63, 3.8) is 0 Å². The van der Waals surface area contributed by atoms with Crippen LogP contribution in [-0.2, 0) is 4.79 Å². The van der Waals surface area contributed by atoms with Crippen LogP contribution in [0.2, 0.25) is 0 Å². The van der Waals surface area contributed by atoms with Crippen LogP contribution >= 0.6 is 0 Å². The molecule has 2 saturated heterocycles. The number of nitrogens with two attached hydrogens (primary N) is 1. The van der Waals surface area contributed by atoms with Crippen molar-refractivity contribution < 1.29 is 4.79 Å². The molecule has 0 spiro atoms. The Balaban J connectivity index is 1.89. The third-order valence-electron chi connectivity index (χ3n) is 4.27. The van der Waals surface area contributed by atoms with E-state index in [9.17, 15) is 4.79 Å². The van der Waals surface area contributed by atoms with E-state index in [-0.39, 0.29) is 11.9 Å². The van der Waals surface area contributed by atoms with Gasteiger partial charge in [-0.2, -0.15) is 0 Å². The molecule has 2 N–H and O–H groups in total. The molecule has 4 heteroatoms. The maximum atomic E-state index is 12.1. The molecule has 1 unspecified atom stereocenters. The molecule has 1 amide bonds. The van der Waals surface area contributed by atoms with Crippen molar-refractivity contribution in [3.8, 4) is 0 Å². The first-order valence-electron chi connectivity index (χ1n) is 7.65. The predicted octanol–water partition coefficient (Wildman–Crippen LogP) is 2.13. The Morgan fingerprint density at radius 3 is 2.25 bits per heavy atom. The molecule has 2 aliphatic rings. The number of hydrogen-bond acceptors (Lipinski definition) is 3. The number of nitrogens with zero attached hydrogens (tertiary/aromatic N) is 2. The van der Waals surface area contributed by atoms with Gasteiger partial charge in [0.2, 0.25) is 5.91 Å². The molecular weight excluding hydrogens is 250 g/mol. The molecule has 0 bridgehead atoms. The second-order valence-electron chi connectivity index (χ2n) is 5.86. The lowest BCUT2D eigenvalue weighted by molar-refractivity contribution is -0.117. The van der Waals surface area contributed by atoms with Gasteiger partial charge < -0.3 is 15.5 Å². The van der Waals surface area contributed by atoms with E-state index in [0.717, 1.165) is 18.8 Å². The van der Waals surface area contributed by atoms with Gasteiger partial charge in [0.1, 0.15) is 0 Å². The molecular formula is C16H23N3O. The third-order valence-corrected chi connectivity index (χ3v) is 4.27. The van der Waals surface area contributed by atoms with Crippen LogP contribution in [-0.4, -0.2) is 31.6 Å². The summed E-state index contributed by atoms with van der Waals surface area (Å²) in [5.41, 5.74) is 8.16. The molecule has 2 aliphatic heterocycles. The second-order valence-corrected chi connectivity index (χ2v) is 5.86. The highest BCUT2D eigenvalue weighted by atomic mass is 16.2. The number of benzene rings is 1.